The van der Waals surface area contributed by atoms with E-state index in [4.69, 9.17) is 5.53 Å². The Morgan fingerprint density at radius 3 is 2.41 bits per heavy atom. The number of aromatic nitrogens is 3. The van der Waals surface area contributed by atoms with Gasteiger partial charge in [-0.1, -0.05) is 35.5 Å². The maximum absolute atomic E-state index is 12.2. The summed E-state index contributed by atoms with van der Waals surface area (Å²) >= 11 is 0. The van der Waals surface area contributed by atoms with Crippen molar-refractivity contribution in [3.63, 3.8) is 0 Å². The predicted octanol–water partition coefficient (Wildman–Crippen LogP) is 5.11. The maximum Gasteiger partial charge on any atom is 0.573 e. The van der Waals surface area contributed by atoms with Crippen LogP contribution in [0.4, 0.5) is 13.2 Å². The Balaban J connectivity index is 1.75. The molecule has 0 fully saturated rings. The van der Waals surface area contributed by atoms with Crippen molar-refractivity contribution in [2.75, 3.05) is 0 Å². The van der Waals surface area contributed by atoms with Crippen molar-refractivity contribution in [3.8, 4) is 22.8 Å². The summed E-state index contributed by atoms with van der Waals surface area (Å²) in [5.41, 5.74) is 10.4. The van der Waals surface area contributed by atoms with Gasteiger partial charge in [0.1, 0.15) is 12.1 Å². The van der Waals surface area contributed by atoms with E-state index in [2.05, 4.69) is 24.8 Å². The molecule has 0 spiro atoms. The van der Waals surface area contributed by atoms with Crippen LogP contribution in [-0.2, 0) is 0 Å². The number of alkyl halides is 3. The zero-order valence-corrected chi connectivity index (χ0v) is 13.6. The molecule has 0 aliphatic rings. The highest BCUT2D eigenvalue weighted by molar-refractivity contribution is 5.59. The molecule has 0 aliphatic heterocycles. The number of ether oxygens (including phenoxy) is 1. The highest BCUT2D eigenvalue weighted by atomic mass is 19.4. The summed E-state index contributed by atoms with van der Waals surface area (Å²) in [7, 11) is 0. The maximum atomic E-state index is 12.2. The van der Waals surface area contributed by atoms with Crippen LogP contribution in [0.15, 0.2) is 66.2 Å². The number of hydrogen-bond acceptors (Lipinski definition) is 4. The molecule has 0 aliphatic carbocycles. The van der Waals surface area contributed by atoms with E-state index in [1.807, 2.05) is 12.1 Å². The molecule has 1 aromatic heterocycles. The Labute approximate surface area is 151 Å². The zero-order chi connectivity index (χ0) is 19.3. The number of hydrogen-bond donors (Lipinski definition) is 0. The molecule has 10 heteroatoms. The number of azide groups is 1. The number of benzene rings is 2. The van der Waals surface area contributed by atoms with Gasteiger partial charge in [0.05, 0.1) is 5.69 Å². The second kappa shape index (κ2) is 7.63. The molecule has 0 N–H and O–H groups in total. The van der Waals surface area contributed by atoms with Crippen LogP contribution in [0, 0.1) is 0 Å². The largest absolute Gasteiger partial charge is 0.573 e. The van der Waals surface area contributed by atoms with E-state index in [-0.39, 0.29) is 5.75 Å². The number of nitrogens with zero attached hydrogens (tertiary/aromatic N) is 6. The van der Waals surface area contributed by atoms with Gasteiger partial charge in [0.15, 0.2) is 5.82 Å². The van der Waals surface area contributed by atoms with Gasteiger partial charge in [-0.3, -0.25) is 0 Å². The summed E-state index contributed by atoms with van der Waals surface area (Å²) in [6.07, 6.45) is -0.275. The highest BCUT2D eigenvalue weighted by Gasteiger charge is 2.30. The lowest BCUT2D eigenvalue weighted by atomic mass is 10.1. The SMILES string of the molecule is [N-]=[N+]=NC=Cc1ccc(-c2ncn(-c3ccc(OC(F)(F)F)cc3)n2)cc1. The van der Waals surface area contributed by atoms with E-state index < -0.39 is 6.36 Å². The Kier molecular flexibility index (Phi) is 5.09. The van der Waals surface area contributed by atoms with Gasteiger partial charge in [-0.15, -0.1) is 18.3 Å². The van der Waals surface area contributed by atoms with E-state index >= 15 is 0 Å². The fourth-order valence-corrected chi connectivity index (χ4v) is 2.21. The van der Waals surface area contributed by atoms with Crippen LogP contribution in [0.5, 0.6) is 5.75 Å². The van der Waals surface area contributed by atoms with Crippen molar-refractivity contribution in [3.05, 3.63) is 77.1 Å². The summed E-state index contributed by atoms with van der Waals surface area (Å²) in [4.78, 5) is 6.83. The minimum atomic E-state index is -4.73. The van der Waals surface area contributed by atoms with Crippen molar-refractivity contribution in [1.29, 1.82) is 0 Å². The molecule has 3 aromatic rings. The quantitative estimate of drug-likeness (QED) is 0.354. The van der Waals surface area contributed by atoms with Gasteiger partial charge in [-0.2, -0.15) is 0 Å². The molecule has 0 saturated carbocycles. The first kappa shape index (κ1) is 18.0. The molecule has 7 nitrogen and oxygen atoms in total. The van der Waals surface area contributed by atoms with Gasteiger partial charge in [0.25, 0.3) is 0 Å². The molecule has 0 bridgehead atoms. The summed E-state index contributed by atoms with van der Waals surface area (Å²) in [6, 6.07) is 12.5. The van der Waals surface area contributed by atoms with Crippen molar-refractivity contribution in [2.24, 2.45) is 5.11 Å². The van der Waals surface area contributed by atoms with E-state index in [1.54, 1.807) is 18.2 Å². The third-order valence-electron chi connectivity index (χ3n) is 3.38. The Bertz CT molecular complexity index is 987. The fraction of sp³-hybridized carbons (Fsp3) is 0.0588. The topological polar surface area (TPSA) is 88.7 Å². The smallest absolute Gasteiger partial charge is 0.406 e. The molecule has 0 radical (unpaired) electrons. The van der Waals surface area contributed by atoms with E-state index in [0.29, 0.717) is 11.5 Å². The predicted molar refractivity (Wildman–Crippen MR) is 91.7 cm³/mol. The first-order chi connectivity index (χ1) is 12.9. The van der Waals surface area contributed by atoms with Crippen molar-refractivity contribution in [1.82, 2.24) is 14.8 Å². The molecule has 0 atom stereocenters. The first-order valence-corrected chi connectivity index (χ1v) is 7.54. The first-order valence-electron chi connectivity index (χ1n) is 7.54. The summed E-state index contributed by atoms with van der Waals surface area (Å²) < 4.78 is 41.9. The molecule has 3 rings (SSSR count). The van der Waals surface area contributed by atoms with Crippen LogP contribution in [0.2, 0.25) is 0 Å². The Hall–Kier alpha value is -3.78. The van der Waals surface area contributed by atoms with Crippen molar-refractivity contribution >= 4 is 6.08 Å². The van der Waals surface area contributed by atoms with Crippen LogP contribution in [0.25, 0.3) is 33.6 Å². The fourth-order valence-electron chi connectivity index (χ4n) is 2.21. The molecule has 1 heterocycles. The van der Waals surface area contributed by atoms with Gasteiger partial charge >= 0.3 is 6.36 Å². The van der Waals surface area contributed by atoms with Crippen molar-refractivity contribution in [2.45, 2.75) is 6.36 Å². The lowest BCUT2D eigenvalue weighted by molar-refractivity contribution is -0.274. The third-order valence-corrected chi connectivity index (χ3v) is 3.38. The van der Waals surface area contributed by atoms with Gasteiger partial charge in [-0.25, -0.2) is 9.67 Å². The lowest BCUT2D eigenvalue weighted by Gasteiger charge is -2.09. The summed E-state index contributed by atoms with van der Waals surface area (Å²) in [6.45, 7) is 0. The second-order valence-corrected chi connectivity index (χ2v) is 5.20. The number of halogens is 3. The number of rotatable bonds is 5. The zero-order valence-electron chi connectivity index (χ0n) is 13.6. The normalized spacial score (nSPS) is 11.4. The summed E-state index contributed by atoms with van der Waals surface area (Å²) in [5, 5.41) is 7.63. The molecular formula is C17H11F3N6O. The Morgan fingerprint density at radius 1 is 1.07 bits per heavy atom. The van der Waals surface area contributed by atoms with Crippen molar-refractivity contribution < 1.29 is 17.9 Å². The van der Waals surface area contributed by atoms with Crippen LogP contribution < -0.4 is 4.74 Å². The van der Waals surface area contributed by atoms with Crippen LogP contribution in [0.1, 0.15) is 5.56 Å². The standard InChI is InChI=1S/C17H11F3N6O/c18-17(19,20)27-15-7-5-14(6-8-15)26-11-22-16(24-26)13-3-1-12(2-4-13)9-10-23-25-21/h1-11H. The molecule has 2 aromatic carbocycles. The Morgan fingerprint density at radius 2 is 1.78 bits per heavy atom. The average molecular weight is 372 g/mol. The van der Waals surface area contributed by atoms with Crippen LogP contribution >= 0.6 is 0 Å². The van der Waals surface area contributed by atoms with E-state index in [1.165, 1.54) is 41.5 Å². The van der Waals surface area contributed by atoms with Crippen LogP contribution in [-0.4, -0.2) is 21.1 Å². The minimum absolute atomic E-state index is 0.309. The lowest BCUT2D eigenvalue weighted by Crippen LogP contribution is -2.17. The molecule has 0 saturated heterocycles. The molecule has 0 unspecified atom stereocenters. The molecule has 27 heavy (non-hydrogen) atoms. The molecule has 136 valence electrons. The van der Waals surface area contributed by atoms with Gasteiger partial charge in [-0.05, 0) is 35.4 Å². The average Bonchev–Trinajstić information content (AvgIpc) is 3.12. The summed E-state index contributed by atoms with van der Waals surface area (Å²) in [5.74, 6) is 0.146. The minimum Gasteiger partial charge on any atom is -0.406 e. The monoisotopic (exact) mass is 372 g/mol. The van der Waals surface area contributed by atoms with Crippen LogP contribution in [0.3, 0.4) is 0 Å². The van der Waals surface area contributed by atoms with E-state index in [0.717, 1.165) is 11.1 Å². The van der Waals surface area contributed by atoms with Gasteiger partial charge in [0.2, 0.25) is 0 Å². The second-order valence-electron chi connectivity index (χ2n) is 5.20. The molecular weight excluding hydrogens is 361 g/mol. The molecule has 0 amide bonds. The van der Waals surface area contributed by atoms with Gasteiger partial charge < -0.3 is 4.74 Å². The van der Waals surface area contributed by atoms with Gasteiger partial charge in [0, 0.05) is 16.7 Å². The highest BCUT2D eigenvalue weighted by Crippen LogP contribution is 2.24. The third kappa shape index (κ3) is 4.86. The van der Waals surface area contributed by atoms with E-state index in [9.17, 15) is 13.2 Å².